The molecule has 1 aliphatic carbocycles. The van der Waals surface area contributed by atoms with Gasteiger partial charge in [-0.1, -0.05) is 13.8 Å². The van der Waals surface area contributed by atoms with Crippen LogP contribution in [-0.2, 0) is 4.79 Å². The molecule has 1 aromatic rings. The summed E-state index contributed by atoms with van der Waals surface area (Å²) in [4.78, 5) is 14.1. The number of nitrogens with zero attached hydrogens (tertiary/aromatic N) is 1. The maximum absolute atomic E-state index is 11.7. The Labute approximate surface area is 127 Å². The van der Waals surface area contributed by atoms with Gasteiger partial charge in [0.1, 0.15) is 6.04 Å². The van der Waals surface area contributed by atoms with Crippen LogP contribution in [0, 0.1) is 5.92 Å². The van der Waals surface area contributed by atoms with Gasteiger partial charge < -0.3 is 16.0 Å². The van der Waals surface area contributed by atoms with E-state index in [4.69, 9.17) is 5.73 Å². The molecule has 1 amide bonds. The van der Waals surface area contributed by atoms with Gasteiger partial charge in [-0.15, -0.1) is 0 Å². The fourth-order valence-corrected chi connectivity index (χ4v) is 3.33. The molecule has 20 heavy (non-hydrogen) atoms. The number of halogens is 1. The summed E-state index contributed by atoms with van der Waals surface area (Å²) in [5, 5.41) is 2.87. The first-order chi connectivity index (χ1) is 9.47. The fraction of sp³-hybridized carbons (Fsp3) is 0.533. The van der Waals surface area contributed by atoms with Crippen molar-refractivity contribution in [2.75, 3.05) is 16.8 Å². The van der Waals surface area contributed by atoms with Gasteiger partial charge in [-0.25, -0.2) is 0 Å². The van der Waals surface area contributed by atoms with E-state index in [1.807, 2.05) is 6.07 Å². The standard InChI is InChI=1S/C15H20BrN3O/c1-8(2)7-19(9-3-4-9)13-6-12-10(5-11(13)16)14(17)15(20)18-12/h5-6,8-9,14H,3-4,7,17H2,1-2H3,(H,18,20). The number of benzene rings is 1. The minimum atomic E-state index is -0.546. The van der Waals surface area contributed by atoms with Crippen molar-refractivity contribution in [3.05, 3.63) is 22.2 Å². The van der Waals surface area contributed by atoms with Gasteiger partial charge in [0.15, 0.2) is 0 Å². The van der Waals surface area contributed by atoms with Crippen LogP contribution in [0.15, 0.2) is 16.6 Å². The molecule has 4 nitrogen and oxygen atoms in total. The molecule has 3 N–H and O–H groups in total. The van der Waals surface area contributed by atoms with Crippen LogP contribution >= 0.6 is 15.9 Å². The highest BCUT2D eigenvalue weighted by Crippen LogP contribution is 2.42. The topological polar surface area (TPSA) is 58.4 Å². The van der Waals surface area contributed by atoms with Crippen molar-refractivity contribution in [3.8, 4) is 0 Å². The van der Waals surface area contributed by atoms with Crippen molar-refractivity contribution in [2.45, 2.75) is 38.8 Å². The number of fused-ring (bicyclic) bond motifs is 1. The van der Waals surface area contributed by atoms with E-state index in [1.165, 1.54) is 12.8 Å². The summed E-state index contributed by atoms with van der Waals surface area (Å²) in [5.74, 6) is 0.485. The lowest BCUT2D eigenvalue weighted by Crippen LogP contribution is -2.30. The average molecular weight is 338 g/mol. The van der Waals surface area contributed by atoms with E-state index in [0.717, 1.165) is 28.0 Å². The molecule has 3 rings (SSSR count). The van der Waals surface area contributed by atoms with Gasteiger partial charge in [0.05, 0.1) is 5.69 Å². The lowest BCUT2D eigenvalue weighted by molar-refractivity contribution is -0.116. The Hall–Kier alpha value is -1.07. The molecule has 1 unspecified atom stereocenters. The number of anilines is 2. The number of amides is 1. The van der Waals surface area contributed by atoms with Gasteiger partial charge in [0, 0.05) is 28.3 Å². The molecule has 0 radical (unpaired) electrons. The van der Waals surface area contributed by atoms with Crippen molar-refractivity contribution in [3.63, 3.8) is 0 Å². The highest BCUT2D eigenvalue weighted by Gasteiger charge is 2.33. The first-order valence-electron chi connectivity index (χ1n) is 7.14. The Kier molecular flexibility index (Phi) is 3.50. The zero-order valence-electron chi connectivity index (χ0n) is 11.8. The van der Waals surface area contributed by atoms with E-state index in [9.17, 15) is 4.79 Å². The molecule has 0 bridgehead atoms. The minimum Gasteiger partial charge on any atom is -0.367 e. The molecule has 2 aliphatic rings. The second-order valence-electron chi connectivity index (χ2n) is 6.14. The summed E-state index contributed by atoms with van der Waals surface area (Å²) in [6.07, 6.45) is 2.50. The summed E-state index contributed by atoms with van der Waals surface area (Å²) in [5.41, 5.74) is 8.79. The third-order valence-electron chi connectivity index (χ3n) is 3.85. The molecule has 1 aromatic carbocycles. The zero-order valence-corrected chi connectivity index (χ0v) is 13.4. The van der Waals surface area contributed by atoms with Crippen LogP contribution in [0.25, 0.3) is 0 Å². The molecule has 108 valence electrons. The van der Waals surface area contributed by atoms with Gasteiger partial charge in [-0.2, -0.15) is 0 Å². The highest BCUT2D eigenvalue weighted by atomic mass is 79.9. The molecule has 5 heteroatoms. The Morgan fingerprint density at radius 3 is 2.75 bits per heavy atom. The lowest BCUT2D eigenvalue weighted by Gasteiger charge is -2.28. The fourth-order valence-electron chi connectivity index (χ4n) is 2.74. The molecular formula is C15H20BrN3O. The Morgan fingerprint density at radius 2 is 2.15 bits per heavy atom. The van der Waals surface area contributed by atoms with E-state index in [1.54, 1.807) is 0 Å². The monoisotopic (exact) mass is 337 g/mol. The number of rotatable bonds is 4. The molecule has 1 saturated carbocycles. The molecule has 0 aromatic heterocycles. The second kappa shape index (κ2) is 5.04. The number of carbonyl (C=O) groups is 1. The smallest absolute Gasteiger partial charge is 0.245 e. The van der Waals surface area contributed by atoms with E-state index in [-0.39, 0.29) is 5.91 Å². The van der Waals surface area contributed by atoms with Crippen LogP contribution < -0.4 is 16.0 Å². The molecule has 1 aliphatic heterocycles. The Bertz CT molecular complexity index is 554. The largest absolute Gasteiger partial charge is 0.367 e. The number of hydrogen-bond donors (Lipinski definition) is 2. The van der Waals surface area contributed by atoms with Crippen molar-refractivity contribution in [1.29, 1.82) is 0 Å². The SMILES string of the molecule is CC(C)CN(c1cc2c(cc1Br)C(N)C(=O)N2)C1CC1. The number of nitrogens with two attached hydrogens (primary N) is 1. The number of hydrogen-bond acceptors (Lipinski definition) is 3. The van der Waals surface area contributed by atoms with Gasteiger partial charge in [-0.05, 0) is 46.8 Å². The molecule has 1 fully saturated rings. The van der Waals surface area contributed by atoms with Crippen LogP contribution in [0.1, 0.15) is 38.3 Å². The van der Waals surface area contributed by atoms with Crippen LogP contribution in [0.2, 0.25) is 0 Å². The molecule has 1 heterocycles. The van der Waals surface area contributed by atoms with Crippen molar-refractivity contribution in [1.82, 2.24) is 0 Å². The summed E-state index contributed by atoms with van der Waals surface area (Å²) in [6.45, 7) is 5.49. The first-order valence-corrected chi connectivity index (χ1v) is 7.93. The predicted octanol–water partition coefficient (Wildman–Crippen LogP) is 3.03. The summed E-state index contributed by atoms with van der Waals surface area (Å²) >= 11 is 3.65. The summed E-state index contributed by atoms with van der Waals surface area (Å²) < 4.78 is 1.02. The van der Waals surface area contributed by atoms with E-state index in [0.29, 0.717) is 12.0 Å². The molecule has 0 spiro atoms. The average Bonchev–Trinajstić information content (AvgIpc) is 3.17. The normalized spacial score (nSPS) is 21.1. The Morgan fingerprint density at radius 1 is 1.45 bits per heavy atom. The van der Waals surface area contributed by atoms with Crippen molar-refractivity contribution < 1.29 is 4.79 Å². The number of carbonyl (C=O) groups excluding carboxylic acids is 1. The quantitative estimate of drug-likeness (QED) is 0.887. The van der Waals surface area contributed by atoms with E-state index in [2.05, 4.69) is 46.1 Å². The van der Waals surface area contributed by atoms with Gasteiger partial charge in [0.2, 0.25) is 5.91 Å². The maximum atomic E-state index is 11.7. The van der Waals surface area contributed by atoms with Crippen LogP contribution in [0.4, 0.5) is 11.4 Å². The lowest BCUT2D eigenvalue weighted by atomic mass is 10.1. The minimum absolute atomic E-state index is 0.120. The number of nitrogens with one attached hydrogen (secondary N) is 1. The zero-order chi connectivity index (χ0) is 14.4. The highest BCUT2D eigenvalue weighted by molar-refractivity contribution is 9.10. The molecule has 0 saturated heterocycles. The Balaban J connectivity index is 1.97. The molecular weight excluding hydrogens is 318 g/mol. The van der Waals surface area contributed by atoms with Crippen LogP contribution in [0.5, 0.6) is 0 Å². The summed E-state index contributed by atoms with van der Waals surface area (Å²) in [6, 6.07) is 4.14. The van der Waals surface area contributed by atoms with Gasteiger partial charge >= 0.3 is 0 Å². The third kappa shape index (κ3) is 2.44. The van der Waals surface area contributed by atoms with Crippen molar-refractivity contribution in [2.24, 2.45) is 11.7 Å². The first kappa shape index (κ1) is 13.9. The summed E-state index contributed by atoms with van der Waals surface area (Å²) in [7, 11) is 0. The van der Waals surface area contributed by atoms with Crippen LogP contribution in [0.3, 0.4) is 0 Å². The van der Waals surface area contributed by atoms with E-state index >= 15 is 0 Å². The van der Waals surface area contributed by atoms with E-state index < -0.39 is 6.04 Å². The van der Waals surface area contributed by atoms with Gasteiger partial charge in [0.25, 0.3) is 0 Å². The molecule has 1 atom stereocenters. The predicted molar refractivity (Wildman–Crippen MR) is 84.9 cm³/mol. The van der Waals surface area contributed by atoms with Gasteiger partial charge in [-0.3, -0.25) is 4.79 Å². The maximum Gasteiger partial charge on any atom is 0.245 e. The third-order valence-corrected chi connectivity index (χ3v) is 4.49. The second-order valence-corrected chi connectivity index (χ2v) is 6.99. The van der Waals surface area contributed by atoms with Crippen LogP contribution in [-0.4, -0.2) is 18.5 Å². The van der Waals surface area contributed by atoms with Crippen molar-refractivity contribution >= 4 is 33.2 Å².